The summed E-state index contributed by atoms with van der Waals surface area (Å²) in [5.74, 6) is 2.65. The predicted octanol–water partition coefficient (Wildman–Crippen LogP) is 1.92. The van der Waals surface area contributed by atoms with E-state index in [4.69, 9.17) is 9.73 Å². The van der Waals surface area contributed by atoms with Gasteiger partial charge in [-0.05, 0) is 44.4 Å². The van der Waals surface area contributed by atoms with Crippen LogP contribution in [0.1, 0.15) is 57.1 Å². The summed E-state index contributed by atoms with van der Waals surface area (Å²) in [5.41, 5.74) is 0.452. The number of nitrogens with zero attached hydrogens (tertiary/aromatic N) is 4. The van der Waals surface area contributed by atoms with Crippen LogP contribution >= 0.6 is 0 Å². The Morgan fingerprint density at radius 2 is 2.16 bits per heavy atom. The van der Waals surface area contributed by atoms with Crippen molar-refractivity contribution in [1.82, 2.24) is 25.4 Å². The van der Waals surface area contributed by atoms with E-state index in [0.717, 1.165) is 50.1 Å². The van der Waals surface area contributed by atoms with Gasteiger partial charge in [0.15, 0.2) is 11.8 Å². The number of aliphatic imine (C=N–C) groups is 1. The van der Waals surface area contributed by atoms with E-state index in [-0.39, 0.29) is 0 Å². The number of hydrogen-bond acceptors (Lipinski definition) is 4. The Morgan fingerprint density at radius 3 is 2.72 bits per heavy atom. The van der Waals surface area contributed by atoms with Gasteiger partial charge >= 0.3 is 0 Å². The van der Waals surface area contributed by atoms with E-state index < -0.39 is 0 Å². The first-order valence-electron chi connectivity index (χ1n) is 9.60. The van der Waals surface area contributed by atoms with Crippen LogP contribution in [0, 0.1) is 12.3 Å². The molecule has 1 aliphatic heterocycles. The van der Waals surface area contributed by atoms with Crippen molar-refractivity contribution in [3.8, 4) is 0 Å². The summed E-state index contributed by atoms with van der Waals surface area (Å²) < 4.78 is 7.70. The van der Waals surface area contributed by atoms with Crippen molar-refractivity contribution in [2.24, 2.45) is 17.5 Å². The zero-order valence-corrected chi connectivity index (χ0v) is 15.8. The highest BCUT2D eigenvalue weighted by Gasteiger charge is 2.35. The summed E-state index contributed by atoms with van der Waals surface area (Å²) in [7, 11) is 1.98. The average Bonchev–Trinajstić information content (AvgIpc) is 3.20. The fraction of sp³-hybridized carbons (Fsp3) is 0.833. The second-order valence-electron chi connectivity index (χ2n) is 7.46. The summed E-state index contributed by atoms with van der Waals surface area (Å²) in [4.78, 5) is 4.74. The van der Waals surface area contributed by atoms with Crippen molar-refractivity contribution in [1.29, 1.82) is 0 Å². The predicted molar refractivity (Wildman–Crippen MR) is 98.4 cm³/mol. The number of aryl methyl sites for hydroxylation is 1. The van der Waals surface area contributed by atoms with E-state index >= 15 is 0 Å². The fourth-order valence-corrected chi connectivity index (χ4v) is 3.53. The second kappa shape index (κ2) is 8.17. The molecule has 0 aromatic carbocycles. The minimum absolute atomic E-state index is 0.299. The molecule has 1 unspecified atom stereocenters. The monoisotopic (exact) mass is 348 g/mol. The molecule has 140 valence electrons. The number of guanidine groups is 1. The molecule has 2 N–H and O–H groups in total. The quantitative estimate of drug-likeness (QED) is 0.581. The Hall–Kier alpha value is -1.63. The molecule has 1 saturated heterocycles. The van der Waals surface area contributed by atoms with Gasteiger partial charge in [-0.15, -0.1) is 10.2 Å². The normalized spacial score (nSPS) is 22.7. The van der Waals surface area contributed by atoms with Crippen LogP contribution < -0.4 is 10.6 Å². The van der Waals surface area contributed by atoms with Gasteiger partial charge in [0.25, 0.3) is 0 Å². The number of ether oxygens (including phenoxy) is 1. The minimum Gasteiger partial charge on any atom is -0.376 e. The van der Waals surface area contributed by atoms with Gasteiger partial charge in [0, 0.05) is 26.7 Å². The van der Waals surface area contributed by atoms with Gasteiger partial charge in [0.05, 0.1) is 6.10 Å². The van der Waals surface area contributed by atoms with E-state index in [1.165, 1.54) is 25.7 Å². The van der Waals surface area contributed by atoms with Crippen molar-refractivity contribution in [2.75, 3.05) is 19.7 Å². The van der Waals surface area contributed by atoms with Gasteiger partial charge in [-0.3, -0.25) is 0 Å². The van der Waals surface area contributed by atoms with Crippen LogP contribution in [0.25, 0.3) is 0 Å². The third-order valence-corrected chi connectivity index (χ3v) is 5.88. The van der Waals surface area contributed by atoms with Crippen molar-refractivity contribution in [2.45, 2.75) is 65.0 Å². The molecule has 3 rings (SSSR count). The Morgan fingerprint density at radius 1 is 1.32 bits per heavy atom. The number of nitrogens with one attached hydrogen (secondary N) is 2. The molecular weight excluding hydrogens is 316 g/mol. The van der Waals surface area contributed by atoms with E-state index in [1.807, 2.05) is 18.5 Å². The zero-order valence-electron chi connectivity index (χ0n) is 15.8. The number of rotatable bonds is 7. The first kappa shape index (κ1) is 18.2. The van der Waals surface area contributed by atoms with Gasteiger partial charge in [-0.25, -0.2) is 4.99 Å². The molecule has 1 aliphatic carbocycles. The molecule has 0 radical (unpaired) electrons. The zero-order chi connectivity index (χ0) is 17.7. The number of hydrogen-bond donors (Lipinski definition) is 2. The molecule has 1 atom stereocenters. The van der Waals surface area contributed by atoms with Crippen molar-refractivity contribution < 1.29 is 4.74 Å². The Labute approximate surface area is 150 Å². The molecule has 7 heteroatoms. The van der Waals surface area contributed by atoms with Crippen LogP contribution in [0.3, 0.4) is 0 Å². The molecule has 0 spiro atoms. The molecule has 7 nitrogen and oxygen atoms in total. The van der Waals surface area contributed by atoms with E-state index in [2.05, 4.69) is 27.8 Å². The molecular formula is C18H32N6O. The molecule has 1 aromatic rings. The summed E-state index contributed by atoms with van der Waals surface area (Å²) in [6.45, 7) is 7.44. The van der Waals surface area contributed by atoms with E-state index in [9.17, 15) is 0 Å². The van der Waals surface area contributed by atoms with Gasteiger partial charge in [0.1, 0.15) is 12.4 Å². The van der Waals surface area contributed by atoms with Crippen LogP contribution in [0.4, 0.5) is 0 Å². The lowest BCUT2D eigenvalue weighted by molar-refractivity contribution is 0.113. The van der Waals surface area contributed by atoms with Gasteiger partial charge in [-0.1, -0.05) is 13.3 Å². The lowest BCUT2D eigenvalue weighted by Crippen LogP contribution is -2.47. The maximum absolute atomic E-state index is 5.72. The molecule has 1 saturated carbocycles. The Kier molecular flexibility index (Phi) is 5.93. The number of aromatic nitrogens is 3. The average molecular weight is 348 g/mol. The van der Waals surface area contributed by atoms with Crippen molar-refractivity contribution in [3.63, 3.8) is 0 Å². The molecule has 0 amide bonds. The van der Waals surface area contributed by atoms with Crippen LogP contribution in [-0.4, -0.2) is 46.5 Å². The third-order valence-electron chi connectivity index (χ3n) is 5.88. The van der Waals surface area contributed by atoms with Crippen LogP contribution in [0.15, 0.2) is 4.99 Å². The molecule has 1 aromatic heterocycles. The van der Waals surface area contributed by atoms with E-state index in [0.29, 0.717) is 18.1 Å². The first-order chi connectivity index (χ1) is 12.1. The first-order valence-corrected chi connectivity index (χ1v) is 9.60. The standard InChI is InChI=1S/C18H32N6O/c1-4-18(8-6-9-18)13-21-17(19-11-15-7-5-10-25-15)20-12-16-23-22-14(2)24(16)3/h15H,4-13H2,1-3H3,(H2,19,20,21). The van der Waals surface area contributed by atoms with E-state index in [1.54, 1.807) is 0 Å². The highest BCUT2D eigenvalue weighted by atomic mass is 16.5. The molecule has 2 heterocycles. The smallest absolute Gasteiger partial charge is 0.191 e. The van der Waals surface area contributed by atoms with Gasteiger partial charge in [-0.2, -0.15) is 0 Å². The van der Waals surface area contributed by atoms with Gasteiger partial charge in [0.2, 0.25) is 0 Å². The third kappa shape index (κ3) is 4.51. The summed E-state index contributed by atoms with van der Waals surface area (Å²) in [6, 6.07) is 0. The van der Waals surface area contributed by atoms with Crippen molar-refractivity contribution in [3.05, 3.63) is 11.6 Å². The summed E-state index contributed by atoms with van der Waals surface area (Å²) in [5, 5.41) is 15.3. The Bertz CT molecular complexity index is 581. The highest BCUT2D eigenvalue weighted by Crippen LogP contribution is 2.42. The largest absolute Gasteiger partial charge is 0.376 e. The maximum atomic E-state index is 5.72. The van der Waals surface area contributed by atoms with Crippen LogP contribution in [-0.2, 0) is 18.3 Å². The summed E-state index contributed by atoms with van der Waals surface area (Å²) >= 11 is 0. The second-order valence-corrected chi connectivity index (χ2v) is 7.46. The highest BCUT2D eigenvalue weighted by molar-refractivity contribution is 5.79. The molecule has 0 bridgehead atoms. The fourth-order valence-electron chi connectivity index (χ4n) is 3.53. The minimum atomic E-state index is 0.299. The lowest BCUT2D eigenvalue weighted by Gasteiger charge is -2.41. The Balaban J connectivity index is 1.59. The van der Waals surface area contributed by atoms with Gasteiger partial charge < -0.3 is 19.9 Å². The van der Waals surface area contributed by atoms with Crippen LogP contribution in [0.2, 0.25) is 0 Å². The molecule has 2 aliphatic rings. The lowest BCUT2D eigenvalue weighted by atomic mass is 9.67. The SMILES string of the molecule is CCC1(CNC(=NCc2nnc(C)n2C)NCC2CCCO2)CCC1. The maximum Gasteiger partial charge on any atom is 0.191 e. The topological polar surface area (TPSA) is 76.4 Å². The van der Waals surface area contributed by atoms with Crippen LogP contribution in [0.5, 0.6) is 0 Å². The summed E-state index contributed by atoms with van der Waals surface area (Å²) in [6.07, 6.45) is 7.79. The molecule has 25 heavy (non-hydrogen) atoms. The van der Waals surface area contributed by atoms with Crippen molar-refractivity contribution >= 4 is 5.96 Å². The molecule has 2 fully saturated rings.